The Morgan fingerprint density at radius 2 is 2.22 bits per heavy atom. The molecule has 1 aliphatic carbocycles. The normalized spacial score (nSPS) is 18.1. The Morgan fingerprint density at radius 1 is 1.56 bits per heavy atom. The zero-order valence-corrected chi connectivity index (χ0v) is 5.43. The van der Waals surface area contributed by atoms with Crippen molar-refractivity contribution in [3.05, 3.63) is 23.1 Å². The summed E-state index contributed by atoms with van der Waals surface area (Å²) in [6, 6.07) is 0. The van der Waals surface area contributed by atoms with Gasteiger partial charge in [0.05, 0.1) is 4.91 Å². The van der Waals surface area contributed by atoms with Gasteiger partial charge in [0.25, 0.3) is 10.1 Å². The van der Waals surface area contributed by atoms with Crippen LogP contribution in [-0.2, 0) is 10.1 Å². The SMILES string of the molecule is O=S(=O)(O)C1=CC=CC1. The molecule has 0 aromatic carbocycles. The molecule has 3 nitrogen and oxygen atoms in total. The number of rotatable bonds is 1. The molecular weight excluding hydrogens is 140 g/mol. The summed E-state index contributed by atoms with van der Waals surface area (Å²) < 4.78 is 28.9. The molecule has 4 heteroatoms. The summed E-state index contributed by atoms with van der Waals surface area (Å²) in [4.78, 5) is 0.0718. The molecule has 0 radical (unpaired) electrons. The van der Waals surface area contributed by atoms with Gasteiger partial charge in [-0.15, -0.1) is 0 Å². The topological polar surface area (TPSA) is 54.4 Å². The standard InChI is InChI=1S/C5H6O3S/c6-9(7,8)5-3-1-2-4-5/h1-3H,4H2,(H,6,7,8). The molecule has 1 rings (SSSR count). The van der Waals surface area contributed by atoms with E-state index in [1.165, 1.54) is 6.08 Å². The Morgan fingerprint density at radius 3 is 2.44 bits per heavy atom. The summed E-state index contributed by atoms with van der Waals surface area (Å²) in [6.45, 7) is 0. The average molecular weight is 146 g/mol. The Kier molecular flexibility index (Phi) is 1.42. The van der Waals surface area contributed by atoms with Gasteiger partial charge < -0.3 is 0 Å². The summed E-state index contributed by atoms with van der Waals surface area (Å²) in [5.41, 5.74) is 0. The maximum atomic E-state index is 10.3. The van der Waals surface area contributed by atoms with Gasteiger partial charge in [-0.05, 0) is 6.08 Å². The van der Waals surface area contributed by atoms with Crippen LogP contribution in [-0.4, -0.2) is 13.0 Å². The van der Waals surface area contributed by atoms with Crippen molar-refractivity contribution in [3.63, 3.8) is 0 Å². The lowest BCUT2D eigenvalue weighted by atomic mass is 10.5. The molecule has 0 amide bonds. The van der Waals surface area contributed by atoms with E-state index in [1.807, 2.05) is 0 Å². The zero-order valence-electron chi connectivity index (χ0n) is 4.61. The molecule has 0 unspecified atom stereocenters. The molecule has 0 saturated carbocycles. The van der Waals surface area contributed by atoms with Crippen molar-refractivity contribution >= 4 is 10.1 Å². The number of allylic oxidation sites excluding steroid dienone is 4. The third-order valence-electron chi connectivity index (χ3n) is 1.07. The van der Waals surface area contributed by atoms with Gasteiger partial charge in [0.2, 0.25) is 0 Å². The minimum atomic E-state index is -3.90. The minimum Gasteiger partial charge on any atom is -0.282 e. The predicted molar refractivity (Wildman–Crippen MR) is 33.4 cm³/mol. The number of hydrogen-bond acceptors (Lipinski definition) is 2. The second-order valence-corrected chi connectivity index (χ2v) is 3.21. The molecular formula is C5H6O3S. The van der Waals surface area contributed by atoms with Crippen molar-refractivity contribution < 1.29 is 13.0 Å². The first kappa shape index (κ1) is 6.51. The van der Waals surface area contributed by atoms with Gasteiger partial charge >= 0.3 is 0 Å². The summed E-state index contributed by atoms with van der Waals surface area (Å²) in [7, 11) is -3.90. The van der Waals surface area contributed by atoms with Gasteiger partial charge in [0.1, 0.15) is 0 Å². The van der Waals surface area contributed by atoms with E-state index in [-0.39, 0.29) is 4.91 Å². The van der Waals surface area contributed by atoms with Crippen molar-refractivity contribution in [3.8, 4) is 0 Å². The van der Waals surface area contributed by atoms with Gasteiger partial charge in [0, 0.05) is 6.42 Å². The summed E-state index contributed by atoms with van der Waals surface area (Å²) in [5.74, 6) is 0. The van der Waals surface area contributed by atoms with Gasteiger partial charge in [-0.3, -0.25) is 4.55 Å². The molecule has 0 atom stereocenters. The quantitative estimate of drug-likeness (QED) is 0.554. The molecule has 0 aromatic rings. The monoisotopic (exact) mass is 146 g/mol. The van der Waals surface area contributed by atoms with E-state index in [0.717, 1.165) is 0 Å². The van der Waals surface area contributed by atoms with Crippen molar-refractivity contribution in [1.29, 1.82) is 0 Å². The maximum Gasteiger partial charge on any atom is 0.290 e. The third kappa shape index (κ3) is 1.40. The fourth-order valence-corrected chi connectivity index (χ4v) is 1.18. The fraction of sp³-hybridized carbons (Fsp3) is 0.200. The smallest absolute Gasteiger partial charge is 0.282 e. The lowest BCUT2D eigenvalue weighted by Gasteiger charge is -1.91. The van der Waals surface area contributed by atoms with E-state index in [2.05, 4.69) is 0 Å². The Balaban J connectivity index is 2.92. The first-order valence-electron chi connectivity index (χ1n) is 2.44. The van der Waals surface area contributed by atoms with Crippen LogP contribution in [0, 0.1) is 0 Å². The largest absolute Gasteiger partial charge is 0.290 e. The van der Waals surface area contributed by atoms with Crippen LogP contribution in [0.15, 0.2) is 23.1 Å². The zero-order chi connectivity index (χ0) is 6.91. The molecule has 0 aliphatic heterocycles. The van der Waals surface area contributed by atoms with Crippen LogP contribution < -0.4 is 0 Å². The second-order valence-electron chi connectivity index (χ2n) is 1.74. The van der Waals surface area contributed by atoms with Crippen LogP contribution in [0.1, 0.15) is 6.42 Å². The minimum absolute atomic E-state index is 0.0718. The van der Waals surface area contributed by atoms with Gasteiger partial charge in [-0.2, -0.15) is 8.42 Å². The van der Waals surface area contributed by atoms with Gasteiger partial charge in [0.15, 0.2) is 0 Å². The summed E-state index contributed by atoms with van der Waals surface area (Å²) in [5, 5.41) is 0. The first-order valence-corrected chi connectivity index (χ1v) is 3.88. The van der Waals surface area contributed by atoms with E-state index in [4.69, 9.17) is 4.55 Å². The van der Waals surface area contributed by atoms with E-state index in [9.17, 15) is 8.42 Å². The highest BCUT2D eigenvalue weighted by Gasteiger charge is 2.12. The highest BCUT2D eigenvalue weighted by Crippen LogP contribution is 2.14. The highest BCUT2D eigenvalue weighted by molar-refractivity contribution is 7.89. The van der Waals surface area contributed by atoms with Gasteiger partial charge in [-0.25, -0.2) is 0 Å². The van der Waals surface area contributed by atoms with E-state index in [1.54, 1.807) is 12.2 Å². The molecule has 0 bridgehead atoms. The molecule has 0 spiro atoms. The maximum absolute atomic E-state index is 10.3. The molecule has 1 aliphatic rings. The highest BCUT2D eigenvalue weighted by atomic mass is 32.2. The van der Waals surface area contributed by atoms with Crippen molar-refractivity contribution in [2.75, 3.05) is 0 Å². The van der Waals surface area contributed by atoms with Gasteiger partial charge in [-0.1, -0.05) is 12.2 Å². The molecule has 50 valence electrons. The Hall–Kier alpha value is -0.610. The second kappa shape index (κ2) is 1.97. The molecule has 0 saturated heterocycles. The van der Waals surface area contributed by atoms with Crippen molar-refractivity contribution in [1.82, 2.24) is 0 Å². The Labute approximate surface area is 53.4 Å². The molecule has 9 heavy (non-hydrogen) atoms. The Bertz CT molecular complexity index is 258. The molecule has 1 N–H and O–H groups in total. The summed E-state index contributed by atoms with van der Waals surface area (Å²) >= 11 is 0. The van der Waals surface area contributed by atoms with E-state index in [0.29, 0.717) is 6.42 Å². The van der Waals surface area contributed by atoms with Crippen LogP contribution in [0.2, 0.25) is 0 Å². The fourth-order valence-electron chi connectivity index (χ4n) is 0.619. The van der Waals surface area contributed by atoms with Crippen molar-refractivity contribution in [2.24, 2.45) is 0 Å². The van der Waals surface area contributed by atoms with E-state index >= 15 is 0 Å². The van der Waals surface area contributed by atoms with Crippen LogP contribution in [0.5, 0.6) is 0 Å². The van der Waals surface area contributed by atoms with Crippen LogP contribution in [0.25, 0.3) is 0 Å². The lowest BCUT2D eigenvalue weighted by Crippen LogP contribution is -1.98. The molecule has 0 heterocycles. The van der Waals surface area contributed by atoms with Crippen LogP contribution >= 0.6 is 0 Å². The van der Waals surface area contributed by atoms with Crippen LogP contribution in [0.3, 0.4) is 0 Å². The average Bonchev–Trinajstić information content (AvgIpc) is 2.08. The van der Waals surface area contributed by atoms with Crippen molar-refractivity contribution in [2.45, 2.75) is 6.42 Å². The first-order chi connectivity index (χ1) is 4.11. The number of hydrogen-bond donors (Lipinski definition) is 1. The van der Waals surface area contributed by atoms with E-state index < -0.39 is 10.1 Å². The molecule has 0 fully saturated rings. The molecule has 0 aromatic heterocycles. The third-order valence-corrected chi connectivity index (χ3v) is 2.03. The lowest BCUT2D eigenvalue weighted by molar-refractivity contribution is 0.490. The summed E-state index contributed by atoms with van der Waals surface area (Å²) in [6.07, 6.45) is 4.97. The predicted octanol–water partition coefficient (Wildman–Crippen LogP) is 0.718. The van der Waals surface area contributed by atoms with Crippen LogP contribution in [0.4, 0.5) is 0 Å².